The SMILES string of the molecule is Cc1cc(S(=O)(=O)Nc2ccc(N(C)Cc3ccccc3)nn2)ccc1F. The summed E-state index contributed by atoms with van der Waals surface area (Å²) in [6.45, 7) is 2.15. The first-order valence-corrected chi connectivity index (χ1v) is 9.71. The van der Waals surface area contributed by atoms with Crippen molar-refractivity contribution in [2.24, 2.45) is 0 Å². The molecule has 0 unspecified atom stereocenters. The molecule has 1 heterocycles. The first-order valence-electron chi connectivity index (χ1n) is 8.23. The molecule has 1 N–H and O–H groups in total. The van der Waals surface area contributed by atoms with Gasteiger partial charge in [0.2, 0.25) is 0 Å². The summed E-state index contributed by atoms with van der Waals surface area (Å²) in [7, 11) is -1.99. The van der Waals surface area contributed by atoms with Gasteiger partial charge in [-0.25, -0.2) is 12.8 Å². The number of benzene rings is 2. The number of sulfonamides is 1. The molecule has 0 amide bonds. The van der Waals surface area contributed by atoms with Crippen LogP contribution in [0.5, 0.6) is 0 Å². The van der Waals surface area contributed by atoms with Gasteiger partial charge in [0.25, 0.3) is 10.0 Å². The zero-order valence-corrected chi connectivity index (χ0v) is 15.7. The molecule has 0 aliphatic carbocycles. The number of nitrogens with zero attached hydrogens (tertiary/aromatic N) is 3. The van der Waals surface area contributed by atoms with Gasteiger partial charge in [0, 0.05) is 13.6 Å². The van der Waals surface area contributed by atoms with E-state index in [1.165, 1.54) is 25.1 Å². The minimum atomic E-state index is -3.87. The normalized spacial score (nSPS) is 11.2. The van der Waals surface area contributed by atoms with Gasteiger partial charge in [-0.05, 0) is 48.4 Å². The monoisotopic (exact) mass is 386 g/mol. The van der Waals surface area contributed by atoms with E-state index >= 15 is 0 Å². The zero-order valence-electron chi connectivity index (χ0n) is 14.9. The largest absolute Gasteiger partial charge is 0.354 e. The van der Waals surface area contributed by atoms with E-state index in [-0.39, 0.29) is 16.3 Å². The van der Waals surface area contributed by atoms with Crippen LogP contribution in [0.25, 0.3) is 0 Å². The molecule has 140 valence electrons. The first-order chi connectivity index (χ1) is 12.8. The maximum absolute atomic E-state index is 13.3. The van der Waals surface area contributed by atoms with Crippen LogP contribution in [0.2, 0.25) is 0 Å². The lowest BCUT2D eigenvalue weighted by Crippen LogP contribution is -2.19. The highest BCUT2D eigenvalue weighted by atomic mass is 32.2. The third-order valence-electron chi connectivity index (χ3n) is 3.98. The number of hydrogen-bond donors (Lipinski definition) is 1. The molecule has 3 aromatic rings. The van der Waals surface area contributed by atoms with Crippen molar-refractivity contribution in [2.45, 2.75) is 18.4 Å². The van der Waals surface area contributed by atoms with Crippen LogP contribution in [0.4, 0.5) is 16.0 Å². The van der Waals surface area contributed by atoms with Gasteiger partial charge in [0.15, 0.2) is 11.6 Å². The fourth-order valence-electron chi connectivity index (χ4n) is 2.50. The van der Waals surface area contributed by atoms with Crippen molar-refractivity contribution in [1.82, 2.24) is 10.2 Å². The highest BCUT2D eigenvalue weighted by molar-refractivity contribution is 7.92. The summed E-state index contributed by atoms with van der Waals surface area (Å²) in [5.41, 5.74) is 1.38. The van der Waals surface area contributed by atoms with Crippen LogP contribution in [-0.2, 0) is 16.6 Å². The number of nitrogens with one attached hydrogen (secondary N) is 1. The van der Waals surface area contributed by atoms with Crippen molar-refractivity contribution < 1.29 is 12.8 Å². The van der Waals surface area contributed by atoms with Crippen molar-refractivity contribution >= 4 is 21.7 Å². The topological polar surface area (TPSA) is 75.2 Å². The predicted molar refractivity (Wildman–Crippen MR) is 103 cm³/mol. The number of aryl methyl sites for hydroxylation is 1. The molecule has 0 saturated carbocycles. The van der Waals surface area contributed by atoms with Crippen LogP contribution in [0.3, 0.4) is 0 Å². The van der Waals surface area contributed by atoms with E-state index in [1.807, 2.05) is 42.3 Å². The van der Waals surface area contributed by atoms with E-state index < -0.39 is 15.8 Å². The summed E-state index contributed by atoms with van der Waals surface area (Å²) in [6.07, 6.45) is 0. The van der Waals surface area contributed by atoms with Gasteiger partial charge in [0.1, 0.15) is 5.82 Å². The second kappa shape index (κ2) is 7.71. The van der Waals surface area contributed by atoms with Crippen LogP contribution in [-0.4, -0.2) is 25.7 Å². The van der Waals surface area contributed by atoms with E-state index in [9.17, 15) is 12.8 Å². The maximum Gasteiger partial charge on any atom is 0.263 e. The van der Waals surface area contributed by atoms with Gasteiger partial charge in [-0.2, -0.15) is 0 Å². The van der Waals surface area contributed by atoms with Gasteiger partial charge >= 0.3 is 0 Å². The molecule has 0 spiro atoms. The first kappa shape index (κ1) is 18.8. The molecule has 0 aliphatic rings. The number of rotatable bonds is 6. The van der Waals surface area contributed by atoms with E-state index in [1.54, 1.807) is 6.07 Å². The van der Waals surface area contributed by atoms with Crippen molar-refractivity contribution in [3.8, 4) is 0 Å². The van der Waals surface area contributed by atoms with Gasteiger partial charge in [-0.1, -0.05) is 30.3 Å². The Kier molecular flexibility index (Phi) is 5.36. The molecule has 6 nitrogen and oxygen atoms in total. The molecule has 0 fully saturated rings. The quantitative estimate of drug-likeness (QED) is 0.703. The molecule has 0 atom stereocenters. The molecule has 0 saturated heterocycles. The number of hydrogen-bond acceptors (Lipinski definition) is 5. The molecule has 3 rings (SSSR count). The zero-order chi connectivity index (χ0) is 19.4. The molecular formula is C19H19FN4O2S. The standard InChI is InChI=1S/C19H19FN4O2S/c1-14-12-16(8-9-17(14)20)27(25,26)23-18-10-11-19(22-21-18)24(2)13-15-6-4-3-5-7-15/h3-12H,13H2,1-2H3,(H,21,23). The smallest absolute Gasteiger partial charge is 0.263 e. The Morgan fingerprint density at radius 3 is 2.41 bits per heavy atom. The lowest BCUT2D eigenvalue weighted by Gasteiger charge is -2.17. The van der Waals surface area contributed by atoms with Crippen molar-refractivity contribution in [3.63, 3.8) is 0 Å². The highest BCUT2D eigenvalue weighted by Crippen LogP contribution is 2.19. The Morgan fingerprint density at radius 1 is 1.04 bits per heavy atom. The summed E-state index contributed by atoms with van der Waals surface area (Å²) < 4.78 is 40.5. The molecular weight excluding hydrogens is 367 g/mol. The molecule has 0 aliphatic heterocycles. The Hall–Kier alpha value is -3.00. The number of aromatic nitrogens is 2. The second-order valence-corrected chi connectivity index (χ2v) is 7.82. The highest BCUT2D eigenvalue weighted by Gasteiger charge is 2.16. The van der Waals surface area contributed by atoms with Crippen LogP contribution in [0.15, 0.2) is 65.6 Å². The second-order valence-electron chi connectivity index (χ2n) is 6.13. The third-order valence-corrected chi connectivity index (χ3v) is 5.34. The van der Waals surface area contributed by atoms with Crippen LogP contribution in [0, 0.1) is 12.7 Å². The lowest BCUT2D eigenvalue weighted by atomic mass is 10.2. The predicted octanol–water partition coefficient (Wildman–Crippen LogP) is 3.36. The molecule has 1 aromatic heterocycles. The number of halogens is 1. The molecule has 0 radical (unpaired) electrons. The third kappa shape index (κ3) is 4.59. The summed E-state index contributed by atoms with van der Waals surface area (Å²) >= 11 is 0. The van der Waals surface area contributed by atoms with Gasteiger partial charge in [0.05, 0.1) is 4.90 Å². The van der Waals surface area contributed by atoms with Crippen LogP contribution in [0.1, 0.15) is 11.1 Å². The molecule has 2 aromatic carbocycles. The average molecular weight is 386 g/mol. The van der Waals surface area contributed by atoms with Crippen molar-refractivity contribution in [2.75, 3.05) is 16.7 Å². The maximum atomic E-state index is 13.3. The summed E-state index contributed by atoms with van der Waals surface area (Å²) in [5, 5.41) is 8.01. The number of anilines is 2. The fraction of sp³-hybridized carbons (Fsp3) is 0.158. The Balaban J connectivity index is 1.72. The minimum absolute atomic E-state index is 0.0338. The summed E-state index contributed by atoms with van der Waals surface area (Å²) in [6, 6.07) is 16.7. The fourth-order valence-corrected chi connectivity index (χ4v) is 3.58. The van der Waals surface area contributed by atoms with E-state index in [4.69, 9.17) is 0 Å². The molecule has 0 bridgehead atoms. The summed E-state index contributed by atoms with van der Waals surface area (Å²) in [5.74, 6) is 0.243. The van der Waals surface area contributed by atoms with Gasteiger partial charge < -0.3 is 4.90 Å². The average Bonchev–Trinajstić information content (AvgIpc) is 2.65. The molecule has 8 heteroatoms. The van der Waals surface area contributed by atoms with Gasteiger partial charge in [-0.15, -0.1) is 10.2 Å². The Morgan fingerprint density at radius 2 is 1.78 bits per heavy atom. The van der Waals surface area contributed by atoms with Crippen LogP contribution >= 0.6 is 0 Å². The Labute approximate surface area is 157 Å². The molecule has 27 heavy (non-hydrogen) atoms. The van der Waals surface area contributed by atoms with Crippen molar-refractivity contribution in [1.29, 1.82) is 0 Å². The van der Waals surface area contributed by atoms with Gasteiger partial charge in [-0.3, -0.25) is 4.72 Å². The minimum Gasteiger partial charge on any atom is -0.354 e. The van der Waals surface area contributed by atoms with E-state index in [0.29, 0.717) is 12.4 Å². The van der Waals surface area contributed by atoms with Crippen molar-refractivity contribution in [3.05, 3.63) is 77.6 Å². The lowest BCUT2D eigenvalue weighted by molar-refractivity contribution is 0.598. The summed E-state index contributed by atoms with van der Waals surface area (Å²) in [4.78, 5) is 1.87. The van der Waals surface area contributed by atoms with E-state index in [2.05, 4.69) is 14.9 Å². The Bertz CT molecular complexity index is 1030. The van der Waals surface area contributed by atoms with Crippen LogP contribution < -0.4 is 9.62 Å². The van der Waals surface area contributed by atoms with E-state index in [0.717, 1.165) is 11.6 Å².